The highest BCUT2D eigenvalue weighted by Crippen LogP contribution is 2.21. The molecule has 0 aromatic carbocycles. The monoisotopic (exact) mass is 246 g/mol. The summed E-state index contributed by atoms with van der Waals surface area (Å²) in [5, 5.41) is 7.84. The van der Waals surface area contributed by atoms with Gasteiger partial charge in [0.15, 0.2) is 0 Å². The second-order valence-electron chi connectivity index (χ2n) is 2.44. The molecule has 0 radical (unpaired) electrons. The molecule has 1 heterocycles. The fraction of sp³-hybridized carbons (Fsp3) is 0.500. The Hall–Kier alpha value is -0.680. The van der Waals surface area contributed by atoms with Gasteiger partial charge in [-0.3, -0.25) is 0 Å². The van der Waals surface area contributed by atoms with Crippen molar-refractivity contribution in [1.29, 1.82) is 0 Å². The molecule has 0 aliphatic carbocycles. The SMILES string of the molecule is COCCc1cc(Br)c(OC)nn1. The summed E-state index contributed by atoms with van der Waals surface area (Å²) < 4.78 is 10.7. The average molecular weight is 247 g/mol. The zero-order valence-corrected chi connectivity index (χ0v) is 9.17. The molecule has 72 valence electrons. The Morgan fingerprint density at radius 3 is 2.69 bits per heavy atom. The van der Waals surface area contributed by atoms with Crippen molar-refractivity contribution in [2.24, 2.45) is 0 Å². The van der Waals surface area contributed by atoms with E-state index in [1.165, 1.54) is 0 Å². The van der Waals surface area contributed by atoms with Gasteiger partial charge in [-0.2, -0.15) is 5.10 Å². The minimum Gasteiger partial charge on any atom is -0.479 e. The Morgan fingerprint density at radius 2 is 2.15 bits per heavy atom. The molecule has 0 atom stereocenters. The van der Waals surface area contributed by atoms with E-state index in [2.05, 4.69) is 26.1 Å². The summed E-state index contributed by atoms with van der Waals surface area (Å²) in [5.74, 6) is 0.501. The van der Waals surface area contributed by atoms with Crippen molar-refractivity contribution in [3.05, 3.63) is 16.2 Å². The largest absolute Gasteiger partial charge is 0.479 e. The molecule has 0 aliphatic rings. The Balaban J connectivity index is 2.71. The average Bonchev–Trinajstić information content (AvgIpc) is 2.15. The maximum Gasteiger partial charge on any atom is 0.247 e. The molecule has 0 saturated carbocycles. The zero-order valence-electron chi connectivity index (χ0n) is 7.58. The molecule has 1 aromatic rings. The van der Waals surface area contributed by atoms with Crippen molar-refractivity contribution in [1.82, 2.24) is 10.2 Å². The molecule has 5 heteroatoms. The normalized spacial score (nSPS) is 10.1. The van der Waals surface area contributed by atoms with Gasteiger partial charge in [-0.1, -0.05) is 0 Å². The minimum atomic E-state index is 0.501. The molecule has 0 unspecified atom stereocenters. The zero-order chi connectivity index (χ0) is 9.68. The highest BCUT2D eigenvalue weighted by molar-refractivity contribution is 9.10. The second-order valence-corrected chi connectivity index (χ2v) is 3.29. The summed E-state index contributed by atoms with van der Waals surface area (Å²) in [7, 11) is 3.22. The van der Waals surface area contributed by atoms with Gasteiger partial charge in [0.2, 0.25) is 5.88 Å². The van der Waals surface area contributed by atoms with E-state index in [-0.39, 0.29) is 0 Å². The van der Waals surface area contributed by atoms with Crippen LogP contribution in [0.3, 0.4) is 0 Å². The lowest BCUT2D eigenvalue weighted by Crippen LogP contribution is -2.00. The van der Waals surface area contributed by atoms with Gasteiger partial charge >= 0.3 is 0 Å². The van der Waals surface area contributed by atoms with Crippen molar-refractivity contribution in [3.63, 3.8) is 0 Å². The lowest BCUT2D eigenvalue weighted by atomic mass is 10.3. The molecule has 0 N–H and O–H groups in total. The van der Waals surface area contributed by atoms with Crippen LogP contribution in [0.4, 0.5) is 0 Å². The van der Waals surface area contributed by atoms with Crippen molar-refractivity contribution < 1.29 is 9.47 Å². The van der Waals surface area contributed by atoms with Crippen molar-refractivity contribution in [2.45, 2.75) is 6.42 Å². The molecular formula is C8H11BrN2O2. The lowest BCUT2D eigenvalue weighted by molar-refractivity contribution is 0.201. The Bertz CT molecular complexity index is 281. The fourth-order valence-electron chi connectivity index (χ4n) is 0.861. The molecular weight excluding hydrogens is 236 g/mol. The van der Waals surface area contributed by atoms with Crippen molar-refractivity contribution >= 4 is 15.9 Å². The van der Waals surface area contributed by atoms with E-state index in [1.807, 2.05) is 6.07 Å². The van der Waals surface area contributed by atoms with Crippen LogP contribution in [0.5, 0.6) is 5.88 Å². The summed E-state index contributed by atoms with van der Waals surface area (Å²) in [4.78, 5) is 0. The van der Waals surface area contributed by atoms with Gasteiger partial charge in [-0.25, -0.2) is 0 Å². The van der Waals surface area contributed by atoms with Crippen LogP contribution in [0.15, 0.2) is 10.5 Å². The van der Waals surface area contributed by atoms with Crippen molar-refractivity contribution in [2.75, 3.05) is 20.8 Å². The fourth-order valence-corrected chi connectivity index (χ4v) is 1.37. The molecule has 0 spiro atoms. The number of rotatable bonds is 4. The molecule has 0 fully saturated rings. The summed E-state index contributed by atoms with van der Waals surface area (Å²) >= 11 is 3.33. The first kappa shape index (κ1) is 10.4. The molecule has 0 amide bonds. The first-order chi connectivity index (χ1) is 6.27. The Morgan fingerprint density at radius 1 is 1.38 bits per heavy atom. The van der Waals surface area contributed by atoms with E-state index >= 15 is 0 Å². The molecule has 0 aliphatic heterocycles. The van der Waals surface area contributed by atoms with Gasteiger partial charge in [-0.15, -0.1) is 5.10 Å². The van der Waals surface area contributed by atoms with E-state index < -0.39 is 0 Å². The lowest BCUT2D eigenvalue weighted by Gasteiger charge is -2.02. The maximum atomic E-state index is 4.95. The molecule has 0 saturated heterocycles. The van der Waals surface area contributed by atoms with E-state index in [0.717, 1.165) is 16.6 Å². The predicted octanol–water partition coefficient (Wildman–Crippen LogP) is 1.44. The van der Waals surface area contributed by atoms with Gasteiger partial charge in [0.25, 0.3) is 0 Å². The Labute approximate surface area is 85.4 Å². The topological polar surface area (TPSA) is 44.2 Å². The van der Waals surface area contributed by atoms with E-state index in [9.17, 15) is 0 Å². The first-order valence-electron chi connectivity index (χ1n) is 3.83. The predicted molar refractivity (Wildman–Crippen MR) is 51.9 cm³/mol. The highest BCUT2D eigenvalue weighted by Gasteiger charge is 2.03. The van der Waals surface area contributed by atoms with Crippen LogP contribution in [-0.4, -0.2) is 31.0 Å². The van der Waals surface area contributed by atoms with E-state index in [1.54, 1.807) is 14.2 Å². The molecule has 13 heavy (non-hydrogen) atoms. The third-order valence-corrected chi connectivity index (χ3v) is 2.09. The third-order valence-electron chi connectivity index (χ3n) is 1.52. The molecule has 4 nitrogen and oxygen atoms in total. The first-order valence-corrected chi connectivity index (χ1v) is 4.62. The molecule has 0 bridgehead atoms. The van der Waals surface area contributed by atoms with Crippen LogP contribution in [0.25, 0.3) is 0 Å². The Kier molecular flexibility index (Phi) is 4.11. The van der Waals surface area contributed by atoms with E-state index in [4.69, 9.17) is 9.47 Å². The van der Waals surface area contributed by atoms with Gasteiger partial charge < -0.3 is 9.47 Å². The third kappa shape index (κ3) is 2.93. The number of halogens is 1. The van der Waals surface area contributed by atoms with Crippen LogP contribution in [0.1, 0.15) is 5.69 Å². The number of aromatic nitrogens is 2. The van der Waals surface area contributed by atoms with Crippen LogP contribution in [-0.2, 0) is 11.2 Å². The number of hydrogen-bond acceptors (Lipinski definition) is 4. The summed E-state index contributed by atoms with van der Waals surface area (Å²) in [5.41, 5.74) is 0.884. The van der Waals surface area contributed by atoms with Gasteiger partial charge in [0.1, 0.15) is 0 Å². The standard InChI is InChI=1S/C8H11BrN2O2/c1-12-4-3-6-5-7(9)8(13-2)11-10-6/h5H,3-4H2,1-2H3. The van der Waals surface area contributed by atoms with Crippen molar-refractivity contribution in [3.8, 4) is 5.88 Å². The number of methoxy groups -OCH3 is 2. The summed E-state index contributed by atoms with van der Waals surface area (Å²) in [6.07, 6.45) is 0.756. The van der Waals surface area contributed by atoms with Gasteiger partial charge in [0, 0.05) is 13.5 Å². The smallest absolute Gasteiger partial charge is 0.247 e. The maximum absolute atomic E-state index is 4.95. The number of nitrogens with zero attached hydrogens (tertiary/aromatic N) is 2. The van der Waals surface area contributed by atoms with E-state index in [0.29, 0.717) is 12.5 Å². The molecule has 1 aromatic heterocycles. The van der Waals surface area contributed by atoms with Gasteiger partial charge in [-0.05, 0) is 22.0 Å². The minimum absolute atomic E-state index is 0.501. The summed E-state index contributed by atoms with van der Waals surface area (Å²) in [6, 6.07) is 1.88. The van der Waals surface area contributed by atoms with Crippen LogP contribution in [0, 0.1) is 0 Å². The number of ether oxygens (including phenoxy) is 2. The second kappa shape index (κ2) is 5.14. The van der Waals surface area contributed by atoms with Crippen LogP contribution in [0.2, 0.25) is 0 Å². The highest BCUT2D eigenvalue weighted by atomic mass is 79.9. The summed E-state index contributed by atoms with van der Waals surface area (Å²) in [6.45, 7) is 0.646. The molecule has 1 rings (SSSR count). The van der Waals surface area contributed by atoms with Crippen LogP contribution >= 0.6 is 15.9 Å². The quantitative estimate of drug-likeness (QED) is 0.807. The van der Waals surface area contributed by atoms with Crippen LogP contribution < -0.4 is 4.74 Å². The number of hydrogen-bond donors (Lipinski definition) is 0. The van der Waals surface area contributed by atoms with Gasteiger partial charge in [0.05, 0.1) is 23.9 Å².